The van der Waals surface area contributed by atoms with Crippen LogP contribution in [0.5, 0.6) is 11.5 Å². The number of halogens is 7. The van der Waals surface area contributed by atoms with E-state index < -0.39 is 54.8 Å². The summed E-state index contributed by atoms with van der Waals surface area (Å²) in [6.45, 7) is 2.38. The number of ether oxygens (including phenoxy) is 2. The third-order valence-electron chi connectivity index (χ3n) is 7.09. The molecule has 2 aromatic rings. The molecule has 0 aliphatic carbocycles. The Morgan fingerprint density at radius 2 is 1.71 bits per heavy atom. The van der Waals surface area contributed by atoms with Crippen molar-refractivity contribution < 1.29 is 50.1 Å². The fourth-order valence-electron chi connectivity index (χ4n) is 5.04. The molecule has 1 saturated heterocycles. The maximum atomic E-state index is 14.5. The van der Waals surface area contributed by atoms with Crippen LogP contribution in [-0.4, -0.2) is 61.0 Å². The van der Waals surface area contributed by atoms with Gasteiger partial charge in [-0.1, -0.05) is 13.8 Å². The molecule has 0 saturated carbocycles. The molecule has 0 aromatic heterocycles. The van der Waals surface area contributed by atoms with Crippen LogP contribution in [0.4, 0.5) is 42.1 Å². The number of hydrogen-bond acceptors (Lipinski definition) is 6. The van der Waals surface area contributed by atoms with E-state index in [2.05, 4.69) is 5.10 Å². The van der Waals surface area contributed by atoms with Crippen molar-refractivity contribution in [2.45, 2.75) is 51.2 Å². The fraction of sp³-hybridized carbons (Fsp3) is 0.481. The Morgan fingerprint density at radius 3 is 2.29 bits per heavy atom. The predicted molar refractivity (Wildman–Crippen MR) is 136 cm³/mol. The van der Waals surface area contributed by atoms with Crippen molar-refractivity contribution in [2.75, 3.05) is 29.6 Å². The highest BCUT2D eigenvalue weighted by Crippen LogP contribution is 2.37. The first kappa shape index (κ1) is 30.3. The lowest BCUT2D eigenvalue weighted by Crippen LogP contribution is -2.44. The van der Waals surface area contributed by atoms with E-state index in [4.69, 9.17) is 9.47 Å². The first-order valence-electron chi connectivity index (χ1n) is 12.8. The smallest absolute Gasteiger partial charge is 0.431 e. The van der Waals surface area contributed by atoms with Crippen LogP contribution in [-0.2, 0) is 4.79 Å². The quantitative estimate of drug-likeness (QED) is 0.365. The third kappa shape index (κ3) is 7.33. The van der Waals surface area contributed by atoms with E-state index in [9.17, 15) is 40.6 Å². The fourth-order valence-corrected chi connectivity index (χ4v) is 5.04. The van der Waals surface area contributed by atoms with E-state index in [0.717, 1.165) is 17.1 Å². The van der Waals surface area contributed by atoms with Crippen LogP contribution in [0, 0.1) is 17.7 Å². The first-order valence-corrected chi connectivity index (χ1v) is 12.8. The Kier molecular flexibility index (Phi) is 8.59. The van der Waals surface area contributed by atoms with Crippen LogP contribution in [0.15, 0.2) is 47.6 Å². The minimum Gasteiger partial charge on any atom is -0.490 e. The molecule has 1 fully saturated rings. The third-order valence-corrected chi connectivity index (χ3v) is 7.09. The number of piperidine rings is 1. The number of benzene rings is 2. The Labute approximate surface area is 231 Å². The number of carboxylic acid groups (broad SMARTS) is 1. The van der Waals surface area contributed by atoms with Crippen LogP contribution in [0.1, 0.15) is 26.7 Å². The van der Waals surface area contributed by atoms with E-state index in [0.29, 0.717) is 25.3 Å². The van der Waals surface area contributed by atoms with E-state index in [1.54, 1.807) is 17.0 Å². The second-order valence-corrected chi connectivity index (χ2v) is 10.2. The van der Waals surface area contributed by atoms with E-state index in [1.807, 2.05) is 6.92 Å². The molecule has 2 aromatic carbocycles. The minimum atomic E-state index is -4.70. The molecule has 0 amide bonds. The van der Waals surface area contributed by atoms with Gasteiger partial charge in [-0.2, -0.15) is 31.4 Å². The lowest BCUT2D eigenvalue weighted by molar-refractivity contribution is -0.153. The number of carboxylic acids is 1. The average Bonchev–Trinajstić information content (AvgIpc) is 3.20. The number of alkyl halides is 6. The molecule has 1 N–H and O–H groups in total. The normalized spacial score (nSPS) is 23.4. The zero-order chi connectivity index (χ0) is 30.1. The number of aliphatic carboxylic acids is 1. The zero-order valence-corrected chi connectivity index (χ0v) is 22.0. The van der Waals surface area contributed by atoms with E-state index >= 15 is 0 Å². The standard InChI is InChI=1S/C27H28F7N3O4/c1-15-13-36(22-11-19(7-8-20(22)28)40-14-26(29,30)31)10-9-23(15)41-18-5-3-17(4-6-18)37-21(12-24(38)39)16(2)25(35-37)27(32,33)34/h3-8,11,15-16,21,23H,9-10,12-14H2,1-2H3,(H,38,39). The molecule has 2 heterocycles. The van der Waals surface area contributed by atoms with Crippen LogP contribution in [0.3, 0.4) is 0 Å². The Hall–Kier alpha value is -3.71. The molecular formula is C27H28F7N3O4. The highest BCUT2D eigenvalue weighted by Gasteiger charge is 2.48. The van der Waals surface area contributed by atoms with E-state index in [1.165, 1.54) is 25.1 Å². The second kappa shape index (κ2) is 11.6. The molecule has 4 rings (SSSR count). The summed E-state index contributed by atoms with van der Waals surface area (Å²) in [5, 5.41) is 14.0. The highest BCUT2D eigenvalue weighted by atomic mass is 19.4. The van der Waals surface area contributed by atoms with Gasteiger partial charge in [0.1, 0.15) is 29.1 Å². The van der Waals surface area contributed by atoms with Crippen molar-refractivity contribution >= 4 is 23.1 Å². The minimum absolute atomic E-state index is 0.102. The molecule has 0 spiro atoms. The number of rotatable bonds is 8. The molecule has 2 aliphatic heterocycles. The van der Waals surface area contributed by atoms with Crippen molar-refractivity contribution in [2.24, 2.45) is 16.9 Å². The first-order chi connectivity index (χ1) is 19.1. The lowest BCUT2D eigenvalue weighted by atomic mass is 9.94. The van der Waals surface area contributed by atoms with Crippen molar-refractivity contribution in [3.05, 3.63) is 48.3 Å². The average molecular weight is 592 g/mol. The van der Waals surface area contributed by atoms with Crippen LogP contribution < -0.4 is 19.4 Å². The molecule has 224 valence electrons. The summed E-state index contributed by atoms with van der Waals surface area (Å²) >= 11 is 0. The molecule has 41 heavy (non-hydrogen) atoms. The number of hydrazone groups is 1. The lowest BCUT2D eigenvalue weighted by Gasteiger charge is -2.38. The molecule has 0 radical (unpaired) electrons. The van der Waals surface area contributed by atoms with Gasteiger partial charge in [0.05, 0.1) is 23.8 Å². The Balaban J connectivity index is 1.41. The molecule has 7 nitrogen and oxygen atoms in total. The monoisotopic (exact) mass is 591 g/mol. The number of nitrogens with zero attached hydrogens (tertiary/aromatic N) is 3. The number of anilines is 2. The summed E-state index contributed by atoms with van der Waals surface area (Å²) in [5.41, 5.74) is -0.645. The van der Waals surface area contributed by atoms with E-state index in [-0.39, 0.29) is 29.1 Å². The van der Waals surface area contributed by atoms with Gasteiger partial charge in [0, 0.05) is 37.4 Å². The highest BCUT2D eigenvalue weighted by molar-refractivity contribution is 5.95. The topological polar surface area (TPSA) is 74.6 Å². The van der Waals surface area contributed by atoms with Gasteiger partial charge in [-0.3, -0.25) is 9.80 Å². The van der Waals surface area contributed by atoms with Gasteiger partial charge < -0.3 is 19.5 Å². The molecule has 14 heteroatoms. The van der Waals surface area contributed by atoms with Gasteiger partial charge in [-0.15, -0.1) is 0 Å². The summed E-state index contributed by atoms with van der Waals surface area (Å²) in [7, 11) is 0. The second-order valence-electron chi connectivity index (χ2n) is 10.2. The van der Waals surface area contributed by atoms with Crippen LogP contribution in [0.2, 0.25) is 0 Å². The van der Waals surface area contributed by atoms with Gasteiger partial charge in [0.25, 0.3) is 0 Å². The molecule has 0 bridgehead atoms. The number of carbonyl (C=O) groups is 1. The largest absolute Gasteiger partial charge is 0.490 e. The number of hydrogen-bond donors (Lipinski definition) is 1. The van der Waals surface area contributed by atoms with Gasteiger partial charge in [-0.05, 0) is 36.4 Å². The van der Waals surface area contributed by atoms with Crippen molar-refractivity contribution in [1.29, 1.82) is 0 Å². The maximum absolute atomic E-state index is 14.5. The van der Waals surface area contributed by atoms with Gasteiger partial charge >= 0.3 is 18.3 Å². The van der Waals surface area contributed by atoms with Crippen LogP contribution >= 0.6 is 0 Å². The van der Waals surface area contributed by atoms with Crippen LogP contribution in [0.25, 0.3) is 0 Å². The summed E-state index contributed by atoms with van der Waals surface area (Å²) in [5.74, 6) is -2.79. The van der Waals surface area contributed by atoms with Gasteiger partial charge in [-0.25, -0.2) is 4.39 Å². The van der Waals surface area contributed by atoms with Crippen molar-refractivity contribution in [3.63, 3.8) is 0 Å². The van der Waals surface area contributed by atoms with Gasteiger partial charge in [0.2, 0.25) is 0 Å². The summed E-state index contributed by atoms with van der Waals surface area (Å²) in [6, 6.07) is 8.52. The maximum Gasteiger partial charge on any atom is 0.431 e. The predicted octanol–water partition coefficient (Wildman–Crippen LogP) is 6.28. The summed E-state index contributed by atoms with van der Waals surface area (Å²) < 4.78 is 103. The van der Waals surface area contributed by atoms with Gasteiger partial charge in [0.15, 0.2) is 6.61 Å². The zero-order valence-electron chi connectivity index (χ0n) is 22.0. The van der Waals surface area contributed by atoms with Crippen molar-refractivity contribution in [1.82, 2.24) is 0 Å². The Morgan fingerprint density at radius 1 is 1.05 bits per heavy atom. The molecule has 4 atom stereocenters. The van der Waals surface area contributed by atoms with Crippen molar-refractivity contribution in [3.8, 4) is 11.5 Å². The molecular weight excluding hydrogens is 563 g/mol. The molecule has 2 aliphatic rings. The summed E-state index contributed by atoms with van der Waals surface area (Å²) in [4.78, 5) is 13.0. The SMILES string of the molecule is CC1CN(c2cc(OCC(F)(F)F)ccc2F)CCC1Oc1ccc(N2N=C(C(F)(F)F)C(C)C2CC(=O)O)cc1. The molecule has 4 unspecified atom stereocenters. The summed E-state index contributed by atoms with van der Waals surface area (Å²) in [6.07, 6.45) is -9.59. The Bertz CT molecular complexity index is 1270.